The number of para-hydroxylation sites is 1. The van der Waals surface area contributed by atoms with Crippen LogP contribution in [0.15, 0.2) is 91.0 Å². The van der Waals surface area contributed by atoms with Crippen LogP contribution >= 0.6 is 0 Å². The van der Waals surface area contributed by atoms with Crippen LogP contribution in [0, 0.1) is 0 Å². The van der Waals surface area contributed by atoms with E-state index in [0.29, 0.717) is 52.3 Å². The maximum absolute atomic E-state index is 7.52. The molecule has 3 atom stereocenters. The van der Waals surface area contributed by atoms with E-state index in [-0.39, 0.29) is 0 Å². The minimum Gasteiger partial charge on any atom is -0.379 e. The Bertz CT molecular complexity index is 1130. The molecule has 196 valence electrons. The molecule has 3 unspecified atom stereocenters. The van der Waals surface area contributed by atoms with Gasteiger partial charge >= 0.3 is 0 Å². The fourth-order valence-corrected chi connectivity index (χ4v) is 5.49. The van der Waals surface area contributed by atoms with Crippen molar-refractivity contribution in [2.75, 3.05) is 38.2 Å². The van der Waals surface area contributed by atoms with Gasteiger partial charge in [0.05, 0.1) is 19.8 Å². The van der Waals surface area contributed by atoms with Crippen molar-refractivity contribution in [3.05, 3.63) is 102 Å². The zero-order chi connectivity index (χ0) is 25.8. The summed E-state index contributed by atoms with van der Waals surface area (Å²) in [6.07, 6.45) is 0.979. The first-order valence-electron chi connectivity index (χ1n) is 13.0. The van der Waals surface area contributed by atoms with Gasteiger partial charge in [-0.1, -0.05) is 78.9 Å². The van der Waals surface area contributed by atoms with Crippen LogP contribution in [0.2, 0.25) is 0 Å². The molecule has 5 rings (SSSR count). The molecule has 0 spiro atoms. The highest BCUT2D eigenvalue weighted by atomic mass is 16.5. The van der Waals surface area contributed by atoms with Gasteiger partial charge in [0.2, 0.25) is 5.85 Å². The highest BCUT2D eigenvalue weighted by Crippen LogP contribution is 2.42. The van der Waals surface area contributed by atoms with Crippen molar-refractivity contribution < 1.29 is 9.47 Å². The summed E-state index contributed by atoms with van der Waals surface area (Å²) in [5.41, 5.74) is 22.9. The molecule has 0 bridgehead atoms. The second kappa shape index (κ2) is 10.9. The van der Waals surface area contributed by atoms with Gasteiger partial charge in [0, 0.05) is 25.3 Å². The van der Waals surface area contributed by atoms with Crippen molar-refractivity contribution in [2.24, 2.45) is 17.2 Å². The number of anilines is 1. The Kier molecular flexibility index (Phi) is 7.60. The molecule has 2 heterocycles. The maximum atomic E-state index is 7.52. The molecule has 0 saturated carbocycles. The molecule has 8 heteroatoms. The number of nitrogens with zero attached hydrogens (tertiary/aromatic N) is 2. The van der Waals surface area contributed by atoms with Crippen LogP contribution in [-0.2, 0) is 22.5 Å². The van der Waals surface area contributed by atoms with Gasteiger partial charge in [-0.3, -0.25) is 5.73 Å². The largest absolute Gasteiger partial charge is 0.379 e. The maximum Gasteiger partial charge on any atom is 0.210 e. The van der Waals surface area contributed by atoms with Gasteiger partial charge in [0.15, 0.2) is 0 Å². The number of hydrogen-bond acceptors (Lipinski definition) is 8. The lowest BCUT2D eigenvalue weighted by Crippen LogP contribution is -2.91. The lowest BCUT2D eigenvalue weighted by atomic mass is 9.70. The average molecular weight is 503 g/mol. The molecule has 7 N–H and O–H groups in total. The summed E-state index contributed by atoms with van der Waals surface area (Å²) in [6.45, 7) is 3.54. The quantitative estimate of drug-likeness (QED) is 0.347. The van der Waals surface area contributed by atoms with Gasteiger partial charge in [-0.2, -0.15) is 5.01 Å². The molecular formula is C29H38N6O2. The van der Waals surface area contributed by atoms with E-state index in [4.69, 9.17) is 26.7 Å². The predicted molar refractivity (Wildman–Crippen MR) is 146 cm³/mol. The minimum atomic E-state index is -1.43. The van der Waals surface area contributed by atoms with E-state index in [1.165, 1.54) is 0 Å². The molecule has 0 radical (unpaired) electrons. The molecule has 3 aromatic carbocycles. The molecule has 2 fully saturated rings. The topological polar surface area (TPSA) is 115 Å². The molecule has 2 aliphatic rings. The standard InChI is InChI=1S/C29H38N6O2/c30-27(22-24-10-4-1-5-11-24)28(31,33-26-14-8-3-9-15-26)16-17-35(34-18-20-36-21-19-34)29(27,32)37-23-25-12-6-2-7-13-25/h1-15,33H,16-23,30-32H2. The van der Waals surface area contributed by atoms with E-state index < -0.39 is 17.1 Å². The number of piperidine rings is 1. The normalized spacial score (nSPS) is 29.2. The van der Waals surface area contributed by atoms with Gasteiger partial charge in [-0.25, -0.2) is 5.01 Å². The molecule has 0 aliphatic carbocycles. The SMILES string of the molecule is NC1(Nc2ccccc2)CCN(N2CCOCC2)C(N)(OCc2ccccc2)C1(N)Cc1ccccc1. The number of rotatable bonds is 8. The lowest BCUT2D eigenvalue weighted by Gasteiger charge is -2.64. The summed E-state index contributed by atoms with van der Waals surface area (Å²) in [5, 5.41) is 7.88. The van der Waals surface area contributed by atoms with Crippen LogP contribution < -0.4 is 22.5 Å². The summed E-state index contributed by atoms with van der Waals surface area (Å²) < 4.78 is 12.4. The van der Waals surface area contributed by atoms with E-state index in [9.17, 15) is 0 Å². The molecule has 2 aliphatic heterocycles. The Morgan fingerprint density at radius 1 is 0.757 bits per heavy atom. The van der Waals surface area contributed by atoms with Gasteiger partial charge < -0.3 is 26.3 Å². The minimum absolute atomic E-state index is 0.299. The third kappa shape index (κ3) is 5.15. The second-order valence-corrected chi connectivity index (χ2v) is 10.0. The van der Waals surface area contributed by atoms with Gasteiger partial charge in [-0.15, -0.1) is 0 Å². The molecule has 0 amide bonds. The molecule has 8 nitrogen and oxygen atoms in total. The Labute approximate surface area is 219 Å². The fraction of sp³-hybridized carbons (Fsp3) is 0.379. The van der Waals surface area contributed by atoms with Crippen molar-refractivity contribution in [1.82, 2.24) is 10.0 Å². The van der Waals surface area contributed by atoms with Gasteiger partial charge in [0.1, 0.15) is 11.2 Å². The first-order chi connectivity index (χ1) is 17.9. The summed E-state index contributed by atoms with van der Waals surface area (Å²) in [4.78, 5) is 0. The highest BCUT2D eigenvalue weighted by molar-refractivity contribution is 5.47. The van der Waals surface area contributed by atoms with Crippen LogP contribution in [0.25, 0.3) is 0 Å². The van der Waals surface area contributed by atoms with Crippen molar-refractivity contribution in [2.45, 2.75) is 36.5 Å². The third-order valence-electron chi connectivity index (χ3n) is 7.63. The summed E-state index contributed by atoms with van der Waals surface area (Å²) in [5.74, 6) is -1.43. The van der Waals surface area contributed by atoms with Crippen molar-refractivity contribution >= 4 is 5.69 Å². The van der Waals surface area contributed by atoms with Crippen molar-refractivity contribution in [3.63, 3.8) is 0 Å². The number of hydrazine groups is 1. The fourth-order valence-electron chi connectivity index (χ4n) is 5.49. The molecular weight excluding hydrogens is 464 g/mol. The second-order valence-electron chi connectivity index (χ2n) is 10.0. The number of ether oxygens (including phenoxy) is 2. The highest BCUT2D eigenvalue weighted by Gasteiger charge is 2.66. The smallest absolute Gasteiger partial charge is 0.210 e. The third-order valence-corrected chi connectivity index (χ3v) is 7.63. The van der Waals surface area contributed by atoms with E-state index in [0.717, 1.165) is 16.8 Å². The predicted octanol–water partition coefficient (Wildman–Crippen LogP) is 2.48. The number of nitrogens with two attached hydrogens (primary N) is 3. The lowest BCUT2D eigenvalue weighted by molar-refractivity contribution is -0.307. The van der Waals surface area contributed by atoms with Crippen LogP contribution in [0.4, 0.5) is 5.69 Å². The molecule has 2 saturated heterocycles. The Hall–Kier alpha value is -2.82. The summed E-state index contributed by atoms with van der Waals surface area (Å²) in [6, 6.07) is 30.1. The van der Waals surface area contributed by atoms with E-state index in [1.807, 2.05) is 78.9 Å². The van der Waals surface area contributed by atoms with E-state index in [1.54, 1.807) is 0 Å². The first-order valence-corrected chi connectivity index (χ1v) is 13.0. The number of benzene rings is 3. The van der Waals surface area contributed by atoms with Crippen molar-refractivity contribution in [1.29, 1.82) is 0 Å². The molecule has 3 aromatic rings. The number of hydrogen-bond donors (Lipinski definition) is 4. The first kappa shape index (κ1) is 25.8. The van der Waals surface area contributed by atoms with E-state index in [2.05, 4.69) is 27.5 Å². The average Bonchev–Trinajstić information content (AvgIpc) is 2.93. The Morgan fingerprint density at radius 3 is 1.95 bits per heavy atom. The Morgan fingerprint density at radius 2 is 1.32 bits per heavy atom. The van der Waals surface area contributed by atoms with Crippen LogP contribution in [-0.4, -0.2) is 59.9 Å². The van der Waals surface area contributed by atoms with Gasteiger partial charge in [0.25, 0.3) is 0 Å². The van der Waals surface area contributed by atoms with Crippen LogP contribution in [0.5, 0.6) is 0 Å². The monoisotopic (exact) mass is 502 g/mol. The van der Waals surface area contributed by atoms with Crippen molar-refractivity contribution in [3.8, 4) is 0 Å². The van der Waals surface area contributed by atoms with Crippen LogP contribution in [0.3, 0.4) is 0 Å². The van der Waals surface area contributed by atoms with Crippen LogP contribution in [0.1, 0.15) is 17.5 Å². The molecule has 0 aromatic heterocycles. The van der Waals surface area contributed by atoms with Gasteiger partial charge in [-0.05, 0) is 36.1 Å². The molecule has 37 heavy (non-hydrogen) atoms. The summed E-state index contributed by atoms with van der Waals surface area (Å²) in [7, 11) is 0. The number of morpholine rings is 1. The zero-order valence-corrected chi connectivity index (χ0v) is 21.3. The zero-order valence-electron chi connectivity index (χ0n) is 21.3. The number of nitrogens with one attached hydrogen (secondary N) is 1. The summed E-state index contributed by atoms with van der Waals surface area (Å²) >= 11 is 0. The van der Waals surface area contributed by atoms with E-state index >= 15 is 0 Å². The Balaban J connectivity index is 1.58.